The summed E-state index contributed by atoms with van der Waals surface area (Å²) < 4.78 is 27.2. The minimum Gasteiger partial charge on any atom is -0.391 e. The summed E-state index contributed by atoms with van der Waals surface area (Å²) in [5.41, 5.74) is 5.38. The molecule has 0 saturated carbocycles. The van der Waals surface area contributed by atoms with E-state index in [1.165, 1.54) is 6.07 Å². The van der Waals surface area contributed by atoms with Gasteiger partial charge in [0, 0.05) is 5.56 Å². The smallest absolute Gasteiger partial charge is 0.145 e. The fraction of sp³-hybridized carbons (Fsp3) is 0.455. The van der Waals surface area contributed by atoms with Crippen LogP contribution in [0.25, 0.3) is 0 Å². The maximum absolute atomic E-state index is 13.6. The monoisotopic (exact) mass is 293 g/mol. The number of aliphatic hydroxyl groups excluding tert-OH is 1. The largest absolute Gasteiger partial charge is 0.391 e. The first-order valence-corrected chi connectivity index (χ1v) is 5.85. The molecule has 1 aromatic rings. The maximum Gasteiger partial charge on any atom is 0.145 e. The molecule has 0 aromatic heterocycles. The molecule has 0 radical (unpaired) electrons. The van der Waals surface area contributed by atoms with Gasteiger partial charge in [0.15, 0.2) is 0 Å². The van der Waals surface area contributed by atoms with Crippen LogP contribution in [0, 0.1) is 11.6 Å². The van der Waals surface area contributed by atoms with Gasteiger partial charge in [0.05, 0.1) is 16.6 Å². The zero-order valence-electron chi connectivity index (χ0n) is 8.88. The number of hydrogen-bond donors (Lipinski definition) is 2. The van der Waals surface area contributed by atoms with Crippen LogP contribution in [0.3, 0.4) is 0 Å². The quantitative estimate of drug-likeness (QED) is 0.839. The van der Waals surface area contributed by atoms with Crippen LogP contribution in [-0.2, 0) is 0 Å². The Balaban J connectivity index is 3.07. The van der Waals surface area contributed by atoms with Crippen molar-refractivity contribution >= 4 is 15.9 Å². The number of nitrogens with two attached hydrogens (primary N) is 1. The Bertz CT molecular complexity index is 373. The van der Waals surface area contributed by atoms with Crippen LogP contribution in [0.2, 0.25) is 0 Å². The fourth-order valence-electron chi connectivity index (χ4n) is 1.52. The topological polar surface area (TPSA) is 46.2 Å². The number of halogens is 3. The summed E-state index contributed by atoms with van der Waals surface area (Å²) in [6, 6.07) is 1.35. The SMILES string of the molecule is CCC[C@H](O)[C@H](N)c1c(F)ccc(Br)c1F. The first-order chi connectivity index (χ1) is 7.49. The van der Waals surface area contributed by atoms with Crippen LogP contribution >= 0.6 is 15.9 Å². The van der Waals surface area contributed by atoms with Crippen LogP contribution in [0.4, 0.5) is 8.78 Å². The molecule has 0 aliphatic carbocycles. The number of rotatable bonds is 4. The molecule has 0 unspecified atom stereocenters. The van der Waals surface area contributed by atoms with Gasteiger partial charge in [-0.3, -0.25) is 0 Å². The van der Waals surface area contributed by atoms with E-state index in [1.54, 1.807) is 0 Å². The molecule has 0 amide bonds. The van der Waals surface area contributed by atoms with Crippen molar-refractivity contribution in [3.05, 3.63) is 33.8 Å². The summed E-state index contributed by atoms with van der Waals surface area (Å²) >= 11 is 2.96. The minimum atomic E-state index is -1.04. The van der Waals surface area contributed by atoms with Gasteiger partial charge in [-0.15, -0.1) is 0 Å². The summed E-state index contributed by atoms with van der Waals surface area (Å²) in [4.78, 5) is 0. The molecule has 2 atom stereocenters. The molecular formula is C11H14BrF2NO. The molecule has 3 N–H and O–H groups in total. The highest BCUT2D eigenvalue weighted by Crippen LogP contribution is 2.28. The standard InChI is InChI=1S/C11H14BrF2NO/c1-2-3-8(16)11(15)9-7(13)5-4-6(12)10(9)14/h4-5,8,11,16H,2-3,15H2,1H3/t8-,11-/m0/s1. The third kappa shape index (κ3) is 2.78. The second kappa shape index (κ2) is 5.70. The Labute approximate surface area is 102 Å². The predicted octanol–water partition coefficient (Wildman–Crippen LogP) is 2.89. The third-order valence-corrected chi connectivity index (χ3v) is 3.02. The van der Waals surface area contributed by atoms with E-state index in [4.69, 9.17) is 5.73 Å². The zero-order chi connectivity index (χ0) is 12.3. The van der Waals surface area contributed by atoms with Gasteiger partial charge in [0.2, 0.25) is 0 Å². The van der Waals surface area contributed by atoms with E-state index in [1.807, 2.05) is 6.92 Å². The van der Waals surface area contributed by atoms with Crippen LogP contribution in [0.15, 0.2) is 16.6 Å². The first kappa shape index (κ1) is 13.5. The molecule has 1 rings (SSSR count). The lowest BCUT2D eigenvalue weighted by Crippen LogP contribution is -2.28. The van der Waals surface area contributed by atoms with Crippen molar-refractivity contribution in [1.29, 1.82) is 0 Å². The van der Waals surface area contributed by atoms with E-state index in [-0.39, 0.29) is 10.0 Å². The molecule has 0 fully saturated rings. The first-order valence-electron chi connectivity index (χ1n) is 5.06. The Kier molecular flexibility index (Phi) is 4.83. The molecule has 5 heteroatoms. The van der Waals surface area contributed by atoms with E-state index >= 15 is 0 Å². The summed E-state index contributed by atoms with van der Waals surface area (Å²) in [5, 5.41) is 9.64. The van der Waals surface area contributed by atoms with Crippen molar-refractivity contribution in [3.63, 3.8) is 0 Å². The summed E-state index contributed by atoms with van der Waals surface area (Å²) in [5.74, 6) is -1.48. The van der Waals surface area contributed by atoms with Crippen LogP contribution in [0.1, 0.15) is 31.4 Å². The molecule has 90 valence electrons. The van der Waals surface area contributed by atoms with Crippen molar-refractivity contribution in [3.8, 4) is 0 Å². The van der Waals surface area contributed by atoms with Gasteiger partial charge in [-0.2, -0.15) is 0 Å². The molecule has 1 aromatic carbocycles. The van der Waals surface area contributed by atoms with E-state index in [2.05, 4.69) is 15.9 Å². The summed E-state index contributed by atoms with van der Waals surface area (Å²) in [6.07, 6.45) is 0.168. The van der Waals surface area contributed by atoms with Gasteiger partial charge < -0.3 is 10.8 Å². The summed E-state index contributed by atoms with van der Waals surface area (Å²) in [7, 11) is 0. The van der Waals surface area contributed by atoms with Gasteiger partial charge >= 0.3 is 0 Å². The second-order valence-corrected chi connectivity index (χ2v) is 4.49. The highest BCUT2D eigenvalue weighted by molar-refractivity contribution is 9.10. The molecule has 0 spiro atoms. The number of hydrogen-bond acceptors (Lipinski definition) is 2. The normalized spacial score (nSPS) is 14.9. The van der Waals surface area contributed by atoms with E-state index < -0.39 is 23.8 Å². The molecule has 0 saturated heterocycles. The Morgan fingerprint density at radius 1 is 1.44 bits per heavy atom. The highest BCUT2D eigenvalue weighted by Gasteiger charge is 2.24. The average Bonchev–Trinajstić information content (AvgIpc) is 2.24. The zero-order valence-corrected chi connectivity index (χ0v) is 10.5. The highest BCUT2D eigenvalue weighted by atomic mass is 79.9. The van der Waals surface area contributed by atoms with Crippen LogP contribution < -0.4 is 5.73 Å². The van der Waals surface area contributed by atoms with Crippen molar-refractivity contribution in [1.82, 2.24) is 0 Å². The Morgan fingerprint density at radius 2 is 2.06 bits per heavy atom. The average molecular weight is 294 g/mol. The lowest BCUT2D eigenvalue weighted by Gasteiger charge is -2.20. The Hall–Kier alpha value is -0.520. The molecule has 0 aliphatic rings. The number of aliphatic hydroxyl groups is 1. The summed E-state index contributed by atoms with van der Waals surface area (Å²) in [6.45, 7) is 1.86. The molecule has 16 heavy (non-hydrogen) atoms. The third-order valence-electron chi connectivity index (χ3n) is 2.41. The van der Waals surface area contributed by atoms with Crippen LogP contribution in [0.5, 0.6) is 0 Å². The van der Waals surface area contributed by atoms with Gasteiger partial charge in [-0.25, -0.2) is 8.78 Å². The predicted molar refractivity (Wildman–Crippen MR) is 61.9 cm³/mol. The van der Waals surface area contributed by atoms with Crippen LogP contribution in [-0.4, -0.2) is 11.2 Å². The fourth-order valence-corrected chi connectivity index (χ4v) is 1.86. The van der Waals surface area contributed by atoms with Crippen molar-refractivity contribution in [2.24, 2.45) is 5.73 Å². The van der Waals surface area contributed by atoms with E-state index in [0.717, 1.165) is 6.07 Å². The van der Waals surface area contributed by atoms with Crippen molar-refractivity contribution in [2.75, 3.05) is 0 Å². The van der Waals surface area contributed by atoms with Crippen molar-refractivity contribution < 1.29 is 13.9 Å². The molecular weight excluding hydrogens is 280 g/mol. The van der Waals surface area contributed by atoms with E-state index in [9.17, 15) is 13.9 Å². The maximum atomic E-state index is 13.6. The molecule has 2 nitrogen and oxygen atoms in total. The van der Waals surface area contributed by atoms with Gasteiger partial charge in [-0.1, -0.05) is 13.3 Å². The van der Waals surface area contributed by atoms with Gasteiger partial charge in [0.25, 0.3) is 0 Å². The van der Waals surface area contributed by atoms with Gasteiger partial charge in [0.1, 0.15) is 11.6 Å². The minimum absolute atomic E-state index is 0.142. The van der Waals surface area contributed by atoms with Crippen molar-refractivity contribution in [2.45, 2.75) is 31.9 Å². The van der Waals surface area contributed by atoms with Gasteiger partial charge in [-0.05, 0) is 34.5 Å². The van der Waals surface area contributed by atoms with E-state index in [0.29, 0.717) is 12.8 Å². The number of benzene rings is 1. The second-order valence-electron chi connectivity index (χ2n) is 3.64. The Morgan fingerprint density at radius 3 is 2.62 bits per heavy atom. The molecule has 0 bridgehead atoms. The lowest BCUT2D eigenvalue weighted by atomic mass is 9.98. The molecule has 0 heterocycles. The lowest BCUT2D eigenvalue weighted by molar-refractivity contribution is 0.131. The molecule has 0 aliphatic heterocycles.